The zero-order valence-corrected chi connectivity index (χ0v) is 17.3. The molecule has 2 amide bonds. The summed E-state index contributed by atoms with van der Waals surface area (Å²) in [6.07, 6.45) is 3.28. The third kappa shape index (κ3) is 5.17. The van der Waals surface area contributed by atoms with Gasteiger partial charge in [0.2, 0.25) is 11.8 Å². The third-order valence-corrected chi connectivity index (χ3v) is 6.66. The van der Waals surface area contributed by atoms with Gasteiger partial charge in [-0.15, -0.1) is 0 Å². The molecule has 29 heavy (non-hydrogen) atoms. The van der Waals surface area contributed by atoms with E-state index in [0.29, 0.717) is 19.1 Å². The van der Waals surface area contributed by atoms with Crippen LogP contribution in [0.3, 0.4) is 0 Å². The number of benzene rings is 1. The molecule has 3 aliphatic rings. The van der Waals surface area contributed by atoms with Crippen LogP contribution >= 0.6 is 0 Å². The van der Waals surface area contributed by atoms with E-state index in [9.17, 15) is 9.59 Å². The normalized spacial score (nSPS) is 22.6. The van der Waals surface area contributed by atoms with Crippen molar-refractivity contribution < 1.29 is 14.3 Å². The smallest absolute Gasteiger partial charge is 0.225 e. The molecule has 3 heterocycles. The van der Waals surface area contributed by atoms with Crippen LogP contribution in [-0.2, 0) is 20.9 Å². The van der Waals surface area contributed by atoms with Crippen LogP contribution in [0.25, 0.3) is 0 Å². The van der Waals surface area contributed by atoms with Crippen LogP contribution in [0.1, 0.15) is 31.2 Å². The number of hydrogen-bond donors (Lipinski definition) is 0. The van der Waals surface area contributed by atoms with Crippen LogP contribution in [0.2, 0.25) is 0 Å². The van der Waals surface area contributed by atoms with Gasteiger partial charge in [0.05, 0.1) is 0 Å². The molecule has 0 atom stereocenters. The molecule has 0 aromatic heterocycles. The second kappa shape index (κ2) is 9.72. The second-order valence-electron chi connectivity index (χ2n) is 8.57. The van der Waals surface area contributed by atoms with Crippen molar-refractivity contribution in [1.29, 1.82) is 0 Å². The van der Waals surface area contributed by atoms with E-state index in [0.717, 1.165) is 71.5 Å². The van der Waals surface area contributed by atoms with Gasteiger partial charge in [-0.2, -0.15) is 0 Å². The first-order chi connectivity index (χ1) is 14.2. The molecule has 6 nitrogen and oxygen atoms in total. The lowest BCUT2D eigenvalue weighted by molar-refractivity contribution is -0.145. The Labute approximate surface area is 173 Å². The molecule has 0 spiro atoms. The predicted molar refractivity (Wildman–Crippen MR) is 111 cm³/mol. The van der Waals surface area contributed by atoms with E-state index in [1.54, 1.807) is 0 Å². The zero-order valence-electron chi connectivity index (χ0n) is 17.3. The molecule has 0 radical (unpaired) electrons. The average molecular weight is 400 g/mol. The topological polar surface area (TPSA) is 53.1 Å². The molecular formula is C23H33N3O3. The number of hydrogen-bond acceptors (Lipinski definition) is 4. The minimum atomic E-state index is 0.0782. The summed E-state index contributed by atoms with van der Waals surface area (Å²) < 4.78 is 5.37. The van der Waals surface area contributed by atoms with Crippen molar-refractivity contribution >= 4 is 11.8 Å². The molecule has 0 N–H and O–H groups in total. The summed E-state index contributed by atoms with van der Waals surface area (Å²) in [5.74, 6) is 0.763. The highest BCUT2D eigenvalue weighted by Gasteiger charge is 2.34. The van der Waals surface area contributed by atoms with E-state index in [4.69, 9.17) is 4.74 Å². The molecule has 1 aromatic rings. The van der Waals surface area contributed by atoms with Gasteiger partial charge < -0.3 is 14.5 Å². The van der Waals surface area contributed by atoms with Crippen molar-refractivity contribution in [3.8, 4) is 0 Å². The van der Waals surface area contributed by atoms with Gasteiger partial charge in [-0.1, -0.05) is 30.3 Å². The van der Waals surface area contributed by atoms with E-state index < -0.39 is 0 Å². The first-order valence-corrected chi connectivity index (χ1v) is 11.1. The number of carbonyl (C=O) groups is 2. The van der Waals surface area contributed by atoms with Gasteiger partial charge in [-0.25, -0.2) is 0 Å². The van der Waals surface area contributed by atoms with Crippen molar-refractivity contribution in [2.75, 3.05) is 52.5 Å². The molecule has 3 fully saturated rings. The Morgan fingerprint density at radius 3 is 1.93 bits per heavy atom. The van der Waals surface area contributed by atoms with Crippen LogP contribution in [0, 0.1) is 11.8 Å². The molecule has 3 saturated heterocycles. The molecule has 6 heteroatoms. The number of carbonyl (C=O) groups excluding carboxylic acids is 2. The van der Waals surface area contributed by atoms with Crippen LogP contribution in [-0.4, -0.2) is 79.0 Å². The summed E-state index contributed by atoms with van der Waals surface area (Å²) in [5, 5.41) is 0. The number of ether oxygens (including phenoxy) is 1. The number of rotatable bonds is 4. The van der Waals surface area contributed by atoms with E-state index in [1.807, 2.05) is 15.9 Å². The van der Waals surface area contributed by atoms with Crippen LogP contribution in [0.4, 0.5) is 0 Å². The Kier molecular flexibility index (Phi) is 6.82. The van der Waals surface area contributed by atoms with Crippen molar-refractivity contribution in [2.24, 2.45) is 11.8 Å². The lowest BCUT2D eigenvalue weighted by atomic mass is 9.92. The fourth-order valence-corrected chi connectivity index (χ4v) is 4.78. The second-order valence-corrected chi connectivity index (χ2v) is 8.57. The number of amides is 2. The van der Waals surface area contributed by atoms with E-state index in [-0.39, 0.29) is 17.7 Å². The van der Waals surface area contributed by atoms with Crippen molar-refractivity contribution in [3.05, 3.63) is 35.9 Å². The number of piperazine rings is 1. The molecule has 0 saturated carbocycles. The fourth-order valence-electron chi connectivity index (χ4n) is 4.78. The average Bonchev–Trinajstić information content (AvgIpc) is 2.80. The first-order valence-electron chi connectivity index (χ1n) is 11.1. The third-order valence-electron chi connectivity index (χ3n) is 6.66. The highest BCUT2D eigenvalue weighted by Crippen LogP contribution is 2.24. The molecule has 4 rings (SSSR count). The standard InChI is InChI=1S/C23H33N3O3/c27-22(26-14-12-24(13-15-26)18-19-4-2-1-3-5-19)20-6-10-25(11-7-20)23(28)21-8-16-29-17-9-21/h1-5,20-21H,6-18H2. The summed E-state index contributed by atoms with van der Waals surface area (Å²) in [6, 6.07) is 10.5. The Bertz CT molecular complexity index is 674. The molecule has 158 valence electrons. The Morgan fingerprint density at radius 2 is 1.31 bits per heavy atom. The summed E-state index contributed by atoms with van der Waals surface area (Å²) in [4.78, 5) is 32.1. The predicted octanol–water partition coefficient (Wildman–Crippen LogP) is 2.00. The maximum atomic E-state index is 13.0. The minimum Gasteiger partial charge on any atom is -0.381 e. The Hall–Kier alpha value is -1.92. The zero-order chi connectivity index (χ0) is 20.1. The highest BCUT2D eigenvalue weighted by atomic mass is 16.5. The van der Waals surface area contributed by atoms with E-state index in [1.165, 1.54) is 5.56 Å². The van der Waals surface area contributed by atoms with Crippen molar-refractivity contribution in [3.63, 3.8) is 0 Å². The number of piperidine rings is 1. The largest absolute Gasteiger partial charge is 0.381 e. The molecule has 3 aliphatic heterocycles. The summed E-state index contributed by atoms with van der Waals surface area (Å²) in [6.45, 7) is 7.28. The van der Waals surface area contributed by atoms with Crippen LogP contribution < -0.4 is 0 Å². The van der Waals surface area contributed by atoms with Gasteiger partial charge in [0.25, 0.3) is 0 Å². The highest BCUT2D eigenvalue weighted by molar-refractivity contribution is 5.81. The lowest BCUT2D eigenvalue weighted by Gasteiger charge is -2.39. The van der Waals surface area contributed by atoms with Crippen molar-refractivity contribution in [2.45, 2.75) is 32.2 Å². The summed E-state index contributed by atoms with van der Waals surface area (Å²) >= 11 is 0. The van der Waals surface area contributed by atoms with E-state index >= 15 is 0 Å². The Balaban J connectivity index is 1.20. The van der Waals surface area contributed by atoms with Crippen LogP contribution in [0.5, 0.6) is 0 Å². The van der Waals surface area contributed by atoms with Gasteiger partial charge in [0, 0.05) is 70.9 Å². The van der Waals surface area contributed by atoms with Gasteiger partial charge in [-0.3, -0.25) is 14.5 Å². The fraction of sp³-hybridized carbons (Fsp3) is 0.652. The maximum Gasteiger partial charge on any atom is 0.225 e. The van der Waals surface area contributed by atoms with Crippen molar-refractivity contribution in [1.82, 2.24) is 14.7 Å². The SMILES string of the molecule is O=C(C1CCOCC1)N1CCC(C(=O)N2CCN(Cc3ccccc3)CC2)CC1. The summed E-state index contributed by atoms with van der Waals surface area (Å²) in [7, 11) is 0. The van der Waals surface area contributed by atoms with Gasteiger partial charge in [0.15, 0.2) is 0 Å². The lowest BCUT2D eigenvalue weighted by Crippen LogP contribution is -2.52. The van der Waals surface area contributed by atoms with E-state index in [2.05, 4.69) is 29.2 Å². The monoisotopic (exact) mass is 399 g/mol. The van der Waals surface area contributed by atoms with Crippen LogP contribution in [0.15, 0.2) is 30.3 Å². The Morgan fingerprint density at radius 1 is 0.759 bits per heavy atom. The number of nitrogens with zero attached hydrogens (tertiary/aromatic N) is 3. The van der Waals surface area contributed by atoms with Gasteiger partial charge in [0.1, 0.15) is 0 Å². The first kappa shape index (κ1) is 20.4. The maximum absolute atomic E-state index is 13.0. The molecule has 0 aliphatic carbocycles. The quantitative estimate of drug-likeness (QED) is 0.777. The number of likely N-dealkylation sites (tertiary alicyclic amines) is 1. The molecular weight excluding hydrogens is 366 g/mol. The minimum absolute atomic E-state index is 0.0782. The molecule has 0 bridgehead atoms. The summed E-state index contributed by atoms with van der Waals surface area (Å²) in [5.41, 5.74) is 1.33. The molecule has 1 aromatic carbocycles. The van der Waals surface area contributed by atoms with Gasteiger partial charge >= 0.3 is 0 Å². The van der Waals surface area contributed by atoms with Gasteiger partial charge in [-0.05, 0) is 31.2 Å². The molecule has 0 unspecified atom stereocenters.